The first-order valence-corrected chi connectivity index (χ1v) is 9.92. The lowest BCUT2D eigenvalue weighted by Gasteiger charge is -2.36. The molecule has 2 amide bonds. The quantitative estimate of drug-likeness (QED) is 0.744. The first kappa shape index (κ1) is 17.9. The van der Waals surface area contributed by atoms with Gasteiger partial charge in [-0.3, -0.25) is 14.4 Å². The second kappa shape index (κ2) is 6.14. The summed E-state index contributed by atoms with van der Waals surface area (Å²) < 4.78 is 0. The van der Waals surface area contributed by atoms with Gasteiger partial charge in [0, 0.05) is 5.69 Å². The molecule has 4 atom stereocenters. The number of aryl methyl sites for hydroxylation is 2. The van der Waals surface area contributed by atoms with E-state index >= 15 is 0 Å². The van der Waals surface area contributed by atoms with Crippen LogP contribution in [0.4, 0.5) is 11.4 Å². The van der Waals surface area contributed by atoms with E-state index in [1.807, 2.05) is 73.4 Å². The Morgan fingerprint density at radius 1 is 0.897 bits per heavy atom. The zero-order chi connectivity index (χ0) is 20.4. The Morgan fingerprint density at radius 2 is 1.55 bits per heavy atom. The van der Waals surface area contributed by atoms with Crippen molar-refractivity contribution >= 4 is 35.0 Å². The van der Waals surface area contributed by atoms with Crippen molar-refractivity contribution in [3.8, 4) is 0 Å². The standard InChI is InChI=1S/C24H22N2O3/c1-13-7-6-8-14(2)21(13)26-23(28)19-18-12-11-16-9-4-5-10-17(16)25(18)22(15(3)27)20(19)24(26)29/h4-12,18-20,22H,1-3H3/t18-,19-,20+,22+/m0/s1. The van der Waals surface area contributed by atoms with E-state index in [0.29, 0.717) is 5.69 Å². The molecule has 0 aliphatic carbocycles. The van der Waals surface area contributed by atoms with E-state index in [1.165, 1.54) is 11.8 Å². The highest BCUT2D eigenvalue weighted by Crippen LogP contribution is 2.49. The Kier molecular flexibility index (Phi) is 3.78. The van der Waals surface area contributed by atoms with Crippen molar-refractivity contribution in [2.75, 3.05) is 9.80 Å². The van der Waals surface area contributed by atoms with E-state index in [-0.39, 0.29) is 23.6 Å². The predicted molar refractivity (Wildman–Crippen MR) is 112 cm³/mol. The molecule has 3 aliphatic rings. The third-order valence-corrected chi connectivity index (χ3v) is 6.49. The molecule has 3 heterocycles. The van der Waals surface area contributed by atoms with Crippen LogP contribution in [0.3, 0.4) is 0 Å². The molecule has 5 heteroatoms. The highest BCUT2D eigenvalue weighted by molar-refractivity contribution is 6.25. The van der Waals surface area contributed by atoms with E-state index in [9.17, 15) is 14.4 Å². The Balaban J connectivity index is 1.66. The minimum Gasteiger partial charge on any atom is -0.353 e. The highest BCUT2D eigenvalue weighted by Gasteiger charge is 2.63. The minimum atomic E-state index is -0.667. The summed E-state index contributed by atoms with van der Waals surface area (Å²) >= 11 is 0. The van der Waals surface area contributed by atoms with Crippen molar-refractivity contribution in [1.29, 1.82) is 0 Å². The van der Waals surface area contributed by atoms with Gasteiger partial charge in [-0.1, -0.05) is 48.6 Å². The van der Waals surface area contributed by atoms with Crippen LogP contribution in [-0.2, 0) is 14.4 Å². The lowest BCUT2D eigenvalue weighted by Crippen LogP contribution is -2.48. The summed E-state index contributed by atoms with van der Waals surface area (Å²) in [7, 11) is 0. The number of rotatable bonds is 2. The number of ketones is 1. The van der Waals surface area contributed by atoms with Crippen molar-refractivity contribution in [2.45, 2.75) is 32.9 Å². The Bertz CT molecular complexity index is 1080. The van der Waals surface area contributed by atoms with Gasteiger partial charge in [-0.15, -0.1) is 0 Å². The van der Waals surface area contributed by atoms with Gasteiger partial charge in [0.05, 0.1) is 23.6 Å². The molecule has 5 rings (SSSR count). The molecule has 0 N–H and O–H groups in total. The SMILES string of the molecule is CC(=O)[C@@H]1[C@@H]2C(=O)N(c3c(C)cccc3C)C(=O)[C@H]2[C@@H]2C=Cc3ccccc3N12. The first-order valence-electron chi connectivity index (χ1n) is 9.92. The molecule has 3 aliphatic heterocycles. The maximum absolute atomic E-state index is 13.6. The molecular weight excluding hydrogens is 364 g/mol. The number of hydrogen-bond donors (Lipinski definition) is 0. The number of hydrogen-bond acceptors (Lipinski definition) is 4. The molecule has 2 saturated heterocycles. The molecule has 0 aromatic heterocycles. The first-order chi connectivity index (χ1) is 13.9. The molecule has 2 aromatic carbocycles. The summed E-state index contributed by atoms with van der Waals surface area (Å²) in [6, 6.07) is 12.6. The summed E-state index contributed by atoms with van der Waals surface area (Å²) in [4.78, 5) is 43.2. The number of amides is 2. The van der Waals surface area contributed by atoms with Gasteiger partial charge in [-0.05, 0) is 43.5 Å². The third-order valence-electron chi connectivity index (χ3n) is 6.49. The van der Waals surface area contributed by atoms with Crippen LogP contribution in [0.15, 0.2) is 48.5 Å². The van der Waals surface area contributed by atoms with Gasteiger partial charge in [-0.2, -0.15) is 0 Å². The molecule has 0 unspecified atom stereocenters. The fourth-order valence-corrected chi connectivity index (χ4v) is 5.35. The number of Topliss-reactive ketones (excluding diaryl/α,β-unsaturated/α-hetero) is 1. The average molecular weight is 386 g/mol. The largest absolute Gasteiger partial charge is 0.353 e. The number of fused-ring (bicyclic) bond motifs is 5. The highest BCUT2D eigenvalue weighted by atomic mass is 16.2. The van der Waals surface area contributed by atoms with Crippen LogP contribution in [0.5, 0.6) is 0 Å². The van der Waals surface area contributed by atoms with E-state index in [2.05, 4.69) is 0 Å². The fraction of sp³-hybridized carbons (Fsp3) is 0.292. The van der Waals surface area contributed by atoms with Crippen LogP contribution in [0.1, 0.15) is 23.6 Å². The maximum atomic E-state index is 13.6. The smallest absolute Gasteiger partial charge is 0.240 e. The van der Waals surface area contributed by atoms with Gasteiger partial charge in [0.1, 0.15) is 6.04 Å². The number of carbonyl (C=O) groups excluding carboxylic acids is 3. The van der Waals surface area contributed by atoms with Crippen molar-refractivity contribution in [3.63, 3.8) is 0 Å². The topological polar surface area (TPSA) is 57.7 Å². The monoisotopic (exact) mass is 386 g/mol. The molecule has 0 saturated carbocycles. The molecule has 29 heavy (non-hydrogen) atoms. The van der Waals surface area contributed by atoms with E-state index < -0.39 is 17.9 Å². The Labute approximate surface area is 169 Å². The molecule has 146 valence electrons. The molecule has 0 spiro atoms. The maximum Gasteiger partial charge on any atom is 0.240 e. The van der Waals surface area contributed by atoms with Gasteiger partial charge in [0.15, 0.2) is 5.78 Å². The average Bonchev–Trinajstić information content (AvgIpc) is 3.17. The lowest BCUT2D eigenvalue weighted by atomic mass is 9.88. The fourth-order valence-electron chi connectivity index (χ4n) is 5.35. The second-order valence-corrected chi connectivity index (χ2v) is 8.18. The second-order valence-electron chi connectivity index (χ2n) is 8.18. The van der Waals surface area contributed by atoms with Crippen molar-refractivity contribution in [1.82, 2.24) is 0 Å². The number of anilines is 2. The van der Waals surface area contributed by atoms with Crippen LogP contribution in [0, 0.1) is 25.7 Å². The summed E-state index contributed by atoms with van der Waals surface area (Å²) in [5.41, 5.74) is 4.33. The lowest BCUT2D eigenvalue weighted by molar-refractivity contribution is -0.126. The van der Waals surface area contributed by atoms with Crippen LogP contribution in [0.25, 0.3) is 6.08 Å². The Hall–Kier alpha value is -3.21. The number of imide groups is 1. The van der Waals surface area contributed by atoms with Crippen molar-refractivity contribution in [2.24, 2.45) is 11.8 Å². The van der Waals surface area contributed by atoms with Crippen molar-refractivity contribution < 1.29 is 14.4 Å². The normalized spacial score (nSPS) is 27.1. The van der Waals surface area contributed by atoms with Crippen LogP contribution >= 0.6 is 0 Å². The van der Waals surface area contributed by atoms with E-state index in [4.69, 9.17) is 0 Å². The van der Waals surface area contributed by atoms with Crippen LogP contribution < -0.4 is 9.80 Å². The molecule has 2 fully saturated rings. The number of carbonyl (C=O) groups is 3. The molecule has 0 radical (unpaired) electrons. The third kappa shape index (κ3) is 2.30. The summed E-state index contributed by atoms with van der Waals surface area (Å²) in [5.74, 6) is -1.78. The zero-order valence-corrected chi connectivity index (χ0v) is 16.6. The number of benzene rings is 2. The van der Waals surface area contributed by atoms with Crippen LogP contribution in [-0.4, -0.2) is 29.7 Å². The van der Waals surface area contributed by atoms with Gasteiger partial charge >= 0.3 is 0 Å². The summed E-state index contributed by atoms with van der Waals surface area (Å²) in [5, 5.41) is 0. The molecule has 5 nitrogen and oxygen atoms in total. The van der Waals surface area contributed by atoms with Gasteiger partial charge in [0.25, 0.3) is 0 Å². The number of para-hydroxylation sites is 2. The molecule has 0 bridgehead atoms. The van der Waals surface area contributed by atoms with Gasteiger partial charge in [-0.25, -0.2) is 4.90 Å². The Morgan fingerprint density at radius 3 is 2.24 bits per heavy atom. The summed E-state index contributed by atoms with van der Waals surface area (Å²) in [6.07, 6.45) is 3.97. The van der Waals surface area contributed by atoms with Gasteiger partial charge in [0.2, 0.25) is 11.8 Å². The number of nitrogens with zero attached hydrogens (tertiary/aromatic N) is 2. The van der Waals surface area contributed by atoms with Crippen LogP contribution in [0.2, 0.25) is 0 Å². The van der Waals surface area contributed by atoms with E-state index in [1.54, 1.807) is 0 Å². The molecular formula is C24H22N2O3. The van der Waals surface area contributed by atoms with E-state index in [0.717, 1.165) is 22.4 Å². The zero-order valence-electron chi connectivity index (χ0n) is 16.6. The van der Waals surface area contributed by atoms with Crippen molar-refractivity contribution in [3.05, 3.63) is 65.2 Å². The minimum absolute atomic E-state index is 0.0860. The summed E-state index contributed by atoms with van der Waals surface area (Å²) in [6.45, 7) is 5.33. The van der Waals surface area contributed by atoms with Gasteiger partial charge < -0.3 is 4.90 Å². The predicted octanol–water partition coefficient (Wildman–Crippen LogP) is 3.28. The molecule has 2 aromatic rings.